The van der Waals surface area contributed by atoms with E-state index >= 15 is 0 Å². The second kappa shape index (κ2) is 5.14. The van der Waals surface area contributed by atoms with Crippen molar-refractivity contribution in [3.8, 4) is 5.75 Å². The van der Waals surface area contributed by atoms with Crippen molar-refractivity contribution in [2.45, 2.75) is 18.9 Å². The molecule has 0 aromatic heterocycles. The molecule has 0 fully saturated rings. The zero-order chi connectivity index (χ0) is 10.5. The number of ether oxygens (including phenoxy) is 3. The molecule has 0 bridgehead atoms. The number of fused-ring (bicyclic) bond motifs is 1. The van der Waals surface area contributed by atoms with Crippen LogP contribution in [0, 0.1) is 0 Å². The molecule has 15 heavy (non-hydrogen) atoms. The summed E-state index contributed by atoms with van der Waals surface area (Å²) in [6.45, 7) is 1.10. The average molecular weight is 208 g/mol. The van der Waals surface area contributed by atoms with Gasteiger partial charge < -0.3 is 14.2 Å². The third kappa shape index (κ3) is 2.49. The van der Waals surface area contributed by atoms with Gasteiger partial charge in [0.05, 0.1) is 12.7 Å². The summed E-state index contributed by atoms with van der Waals surface area (Å²) in [6.07, 6.45) is 2.10. The van der Waals surface area contributed by atoms with Gasteiger partial charge in [-0.3, -0.25) is 0 Å². The SMILES string of the molecule is COCOC1CCCOc2ccccc21. The van der Waals surface area contributed by atoms with Crippen LogP contribution in [0.1, 0.15) is 24.5 Å². The molecule has 82 valence electrons. The summed E-state index contributed by atoms with van der Waals surface area (Å²) in [5.74, 6) is 0.941. The minimum Gasteiger partial charge on any atom is -0.493 e. The van der Waals surface area contributed by atoms with Gasteiger partial charge >= 0.3 is 0 Å². The molecule has 0 aliphatic carbocycles. The van der Waals surface area contributed by atoms with Crippen molar-refractivity contribution in [2.24, 2.45) is 0 Å². The second-order valence-corrected chi connectivity index (χ2v) is 3.59. The summed E-state index contributed by atoms with van der Waals surface area (Å²) in [6, 6.07) is 8.04. The first-order valence-electron chi connectivity index (χ1n) is 5.24. The summed E-state index contributed by atoms with van der Waals surface area (Å²) in [4.78, 5) is 0. The monoisotopic (exact) mass is 208 g/mol. The number of methoxy groups -OCH3 is 1. The normalized spacial score (nSPS) is 20.2. The quantitative estimate of drug-likeness (QED) is 0.714. The van der Waals surface area contributed by atoms with Crippen LogP contribution in [0.2, 0.25) is 0 Å². The molecule has 1 unspecified atom stereocenters. The van der Waals surface area contributed by atoms with E-state index in [-0.39, 0.29) is 6.10 Å². The fraction of sp³-hybridized carbons (Fsp3) is 0.500. The molecule has 0 spiro atoms. The number of hydrogen-bond acceptors (Lipinski definition) is 3. The van der Waals surface area contributed by atoms with E-state index in [0.29, 0.717) is 6.79 Å². The van der Waals surface area contributed by atoms with Crippen molar-refractivity contribution in [1.82, 2.24) is 0 Å². The lowest BCUT2D eigenvalue weighted by molar-refractivity contribution is -0.0755. The summed E-state index contributed by atoms with van der Waals surface area (Å²) in [5, 5.41) is 0. The minimum absolute atomic E-state index is 0.101. The molecule has 0 N–H and O–H groups in total. The molecule has 1 aromatic carbocycles. The van der Waals surface area contributed by atoms with E-state index in [1.54, 1.807) is 7.11 Å². The van der Waals surface area contributed by atoms with E-state index in [9.17, 15) is 0 Å². The van der Waals surface area contributed by atoms with Crippen molar-refractivity contribution in [2.75, 3.05) is 20.5 Å². The van der Waals surface area contributed by atoms with Crippen LogP contribution in [-0.4, -0.2) is 20.5 Å². The maximum absolute atomic E-state index is 5.64. The predicted octanol–water partition coefficient (Wildman–Crippen LogP) is 2.52. The molecule has 0 radical (unpaired) electrons. The molecule has 2 rings (SSSR count). The molecule has 3 heteroatoms. The first kappa shape index (κ1) is 10.5. The zero-order valence-corrected chi connectivity index (χ0v) is 8.94. The van der Waals surface area contributed by atoms with Crippen LogP contribution < -0.4 is 4.74 Å². The van der Waals surface area contributed by atoms with Gasteiger partial charge in [-0.2, -0.15) is 0 Å². The highest BCUT2D eigenvalue weighted by Gasteiger charge is 2.19. The van der Waals surface area contributed by atoms with E-state index in [1.807, 2.05) is 18.2 Å². The van der Waals surface area contributed by atoms with E-state index in [1.165, 1.54) is 0 Å². The Balaban J connectivity index is 2.17. The first-order chi connectivity index (χ1) is 7.42. The van der Waals surface area contributed by atoms with Crippen LogP contribution in [0.5, 0.6) is 5.75 Å². The van der Waals surface area contributed by atoms with Crippen molar-refractivity contribution in [3.05, 3.63) is 29.8 Å². The van der Waals surface area contributed by atoms with Crippen LogP contribution >= 0.6 is 0 Å². The number of benzene rings is 1. The van der Waals surface area contributed by atoms with Crippen LogP contribution in [0.4, 0.5) is 0 Å². The maximum Gasteiger partial charge on any atom is 0.147 e. The molecule has 1 atom stereocenters. The van der Waals surface area contributed by atoms with Crippen LogP contribution in [-0.2, 0) is 9.47 Å². The lowest BCUT2D eigenvalue weighted by Gasteiger charge is -2.16. The molecule has 1 heterocycles. The Morgan fingerprint density at radius 2 is 2.27 bits per heavy atom. The number of hydrogen-bond donors (Lipinski definition) is 0. The van der Waals surface area contributed by atoms with Gasteiger partial charge in [0.2, 0.25) is 0 Å². The van der Waals surface area contributed by atoms with Gasteiger partial charge in [0.1, 0.15) is 12.5 Å². The highest BCUT2D eigenvalue weighted by atomic mass is 16.7. The first-order valence-corrected chi connectivity index (χ1v) is 5.24. The molecule has 1 aliphatic heterocycles. The van der Waals surface area contributed by atoms with Gasteiger partial charge in [-0.1, -0.05) is 18.2 Å². The highest BCUT2D eigenvalue weighted by Crippen LogP contribution is 2.33. The lowest BCUT2D eigenvalue weighted by atomic mass is 10.1. The molecule has 1 aromatic rings. The molecular formula is C12H16O3. The maximum atomic E-state index is 5.64. The van der Waals surface area contributed by atoms with E-state index in [0.717, 1.165) is 30.8 Å². The predicted molar refractivity (Wildman–Crippen MR) is 56.9 cm³/mol. The molecule has 0 amide bonds. The summed E-state index contributed by atoms with van der Waals surface area (Å²) in [5.41, 5.74) is 1.13. The van der Waals surface area contributed by atoms with Crippen LogP contribution in [0.15, 0.2) is 24.3 Å². The summed E-state index contributed by atoms with van der Waals surface area (Å²) >= 11 is 0. The lowest BCUT2D eigenvalue weighted by Crippen LogP contribution is -2.06. The zero-order valence-electron chi connectivity index (χ0n) is 8.94. The Hall–Kier alpha value is -1.06. The van der Waals surface area contributed by atoms with Crippen LogP contribution in [0.3, 0.4) is 0 Å². The van der Waals surface area contributed by atoms with Crippen LogP contribution in [0.25, 0.3) is 0 Å². The van der Waals surface area contributed by atoms with Crippen molar-refractivity contribution >= 4 is 0 Å². The Kier molecular flexibility index (Phi) is 3.59. The van der Waals surface area contributed by atoms with Gasteiger partial charge in [-0.05, 0) is 18.9 Å². The Morgan fingerprint density at radius 1 is 1.40 bits per heavy atom. The van der Waals surface area contributed by atoms with Gasteiger partial charge in [0, 0.05) is 12.7 Å². The van der Waals surface area contributed by atoms with Gasteiger partial charge in [0.15, 0.2) is 0 Å². The van der Waals surface area contributed by atoms with Crippen molar-refractivity contribution in [3.63, 3.8) is 0 Å². The highest BCUT2D eigenvalue weighted by molar-refractivity contribution is 5.35. The minimum atomic E-state index is 0.101. The Bertz CT molecular complexity index is 311. The molecule has 1 aliphatic rings. The van der Waals surface area contributed by atoms with E-state index in [4.69, 9.17) is 14.2 Å². The fourth-order valence-corrected chi connectivity index (χ4v) is 1.81. The van der Waals surface area contributed by atoms with Gasteiger partial charge in [-0.15, -0.1) is 0 Å². The van der Waals surface area contributed by atoms with Crippen molar-refractivity contribution < 1.29 is 14.2 Å². The Morgan fingerprint density at radius 3 is 3.13 bits per heavy atom. The van der Waals surface area contributed by atoms with Crippen molar-refractivity contribution in [1.29, 1.82) is 0 Å². The van der Waals surface area contributed by atoms with E-state index in [2.05, 4.69) is 6.07 Å². The molecule has 0 saturated carbocycles. The number of para-hydroxylation sites is 1. The molecule has 3 nitrogen and oxygen atoms in total. The summed E-state index contributed by atoms with van der Waals surface area (Å²) in [7, 11) is 1.64. The third-order valence-electron chi connectivity index (χ3n) is 2.52. The van der Waals surface area contributed by atoms with E-state index < -0.39 is 0 Å². The Labute approximate surface area is 90.0 Å². The summed E-state index contributed by atoms with van der Waals surface area (Å²) < 4.78 is 16.2. The fourth-order valence-electron chi connectivity index (χ4n) is 1.81. The molecular weight excluding hydrogens is 192 g/mol. The standard InChI is InChI=1S/C12H16O3/c1-13-9-15-12-7-4-8-14-11-6-3-2-5-10(11)12/h2-3,5-6,12H,4,7-9H2,1H3. The average Bonchev–Trinajstić information content (AvgIpc) is 2.49. The van der Waals surface area contributed by atoms with Gasteiger partial charge in [-0.25, -0.2) is 0 Å². The third-order valence-corrected chi connectivity index (χ3v) is 2.52. The van der Waals surface area contributed by atoms with Gasteiger partial charge in [0.25, 0.3) is 0 Å². The molecule has 0 saturated heterocycles. The second-order valence-electron chi connectivity index (χ2n) is 3.59. The number of rotatable bonds is 3. The smallest absolute Gasteiger partial charge is 0.147 e. The topological polar surface area (TPSA) is 27.7 Å². The largest absolute Gasteiger partial charge is 0.493 e.